The van der Waals surface area contributed by atoms with Gasteiger partial charge in [-0.1, -0.05) is 35.9 Å². The Morgan fingerprint density at radius 1 is 1.20 bits per heavy atom. The Labute approximate surface area is 119 Å². The molecule has 1 unspecified atom stereocenters. The third kappa shape index (κ3) is 1.99. The summed E-state index contributed by atoms with van der Waals surface area (Å²) in [4.78, 5) is 0. The molecule has 2 aromatic carbocycles. The van der Waals surface area contributed by atoms with Crippen molar-refractivity contribution in [2.45, 2.75) is 19.1 Å². The molecule has 0 amide bonds. The van der Waals surface area contributed by atoms with Crippen molar-refractivity contribution >= 4 is 0 Å². The minimum absolute atomic E-state index is 0.448. The number of ether oxygens (including phenoxy) is 1. The zero-order valence-electron chi connectivity index (χ0n) is 11.8. The number of likely N-dealkylation sites (N-methyl/N-ethyl adjacent to an activating group) is 1. The standard InChI is InChI=1S/C17H19NO2/c1-12-7-8-16-15(9-12)17(19,11-18-2)14-6-4-3-5-13(14)10-20-16/h3-9,18-19H,10-11H2,1-2H3. The van der Waals surface area contributed by atoms with Crippen LogP contribution in [0.1, 0.15) is 22.3 Å². The number of rotatable bonds is 2. The van der Waals surface area contributed by atoms with Crippen LogP contribution in [0.15, 0.2) is 42.5 Å². The SMILES string of the molecule is CNCC1(O)c2ccccc2COc2ccc(C)cc21. The number of nitrogens with one attached hydrogen (secondary N) is 1. The molecule has 0 bridgehead atoms. The molecule has 0 saturated carbocycles. The van der Waals surface area contributed by atoms with Gasteiger partial charge < -0.3 is 15.2 Å². The van der Waals surface area contributed by atoms with E-state index >= 15 is 0 Å². The lowest BCUT2D eigenvalue weighted by atomic mass is 9.83. The number of fused-ring (bicyclic) bond motifs is 2. The third-order valence-corrected chi connectivity index (χ3v) is 3.86. The Bertz CT molecular complexity index is 639. The summed E-state index contributed by atoms with van der Waals surface area (Å²) in [7, 11) is 1.85. The normalized spacial score (nSPS) is 20.6. The molecule has 1 atom stereocenters. The molecule has 3 nitrogen and oxygen atoms in total. The molecular formula is C17H19NO2. The first kappa shape index (κ1) is 13.2. The lowest BCUT2D eigenvalue weighted by Gasteiger charge is -2.30. The van der Waals surface area contributed by atoms with Crippen molar-refractivity contribution in [2.24, 2.45) is 0 Å². The molecule has 2 N–H and O–H groups in total. The maximum Gasteiger partial charge on any atom is 0.131 e. The van der Waals surface area contributed by atoms with Crippen LogP contribution in [0.2, 0.25) is 0 Å². The zero-order valence-corrected chi connectivity index (χ0v) is 11.8. The van der Waals surface area contributed by atoms with Crippen molar-refractivity contribution in [1.82, 2.24) is 5.32 Å². The van der Waals surface area contributed by atoms with Crippen LogP contribution in [0.25, 0.3) is 0 Å². The van der Waals surface area contributed by atoms with Crippen LogP contribution in [-0.4, -0.2) is 18.7 Å². The summed E-state index contributed by atoms with van der Waals surface area (Å²) < 4.78 is 5.88. The Balaban J connectivity index is 2.27. The minimum atomic E-state index is -1.07. The van der Waals surface area contributed by atoms with E-state index in [9.17, 15) is 5.11 Å². The molecular weight excluding hydrogens is 250 g/mol. The van der Waals surface area contributed by atoms with Crippen LogP contribution < -0.4 is 10.1 Å². The van der Waals surface area contributed by atoms with Crippen molar-refractivity contribution in [3.63, 3.8) is 0 Å². The van der Waals surface area contributed by atoms with E-state index in [2.05, 4.69) is 5.32 Å². The smallest absolute Gasteiger partial charge is 0.131 e. The first-order valence-corrected chi connectivity index (χ1v) is 6.84. The second-order valence-electron chi connectivity index (χ2n) is 5.34. The molecule has 20 heavy (non-hydrogen) atoms. The van der Waals surface area contributed by atoms with E-state index in [1.807, 2.05) is 56.4 Å². The molecule has 0 fully saturated rings. The van der Waals surface area contributed by atoms with Crippen molar-refractivity contribution in [3.8, 4) is 5.75 Å². The van der Waals surface area contributed by atoms with Gasteiger partial charge in [-0.3, -0.25) is 0 Å². The fourth-order valence-electron chi connectivity index (χ4n) is 2.89. The molecule has 2 aromatic rings. The Morgan fingerprint density at radius 3 is 2.80 bits per heavy atom. The van der Waals surface area contributed by atoms with Crippen LogP contribution in [0.3, 0.4) is 0 Å². The lowest BCUT2D eigenvalue weighted by Crippen LogP contribution is -2.38. The highest BCUT2D eigenvalue weighted by Gasteiger charge is 2.37. The van der Waals surface area contributed by atoms with Gasteiger partial charge in [0.25, 0.3) is 0 Å². The van der Waals surface area contributed by atoms with Crippen molar-refractivity contribution in [3.05, 3.63) is 64.7 Å². The highest BCUT2D eigenvalue weighted by atomic mass is 16.5. The minimum Gasteiger partial charge on any atom is -0.488 e. The molecule has 1 aliphatic rings. The largest absolute Gasteiger partial charge is 0.488 e. The Hall–Kier alpha value is -1.84. The van der Waals surface area contributed by atoms with E-state index in [0.717, 1.165) is 28.0 Å². The monoisotopic (exact) mass is 269 g/mol. The molecule has 0 spiro atoms. The Morgan fingerprint density at radius 2 is 2.00 bits per heavy atom. The van der Waals surface area contributed by atoms with Crippen LogP contribution in [0.5, 0.6) is 5.75 Å². The van der Waals surface area contributed by atoms with Crippen molar-refractivity contribution in [1.29, 1.82) is 0 Å². The van der Waals surface area contributed by atoms with E-state index in [1.165, 1.54) is 0 Å². The lowest BCUT2D eigenvalue weighted by molar-refractivity contribution is 0.0815. The third-order valence-electron chi connectivity index (χ3n) is 3.86. The highest BCUT2D eigenvalue weighted by Crippen LogP contribution is 2.40. The molecule has 0 saturated heterocycles. The highest BCUT2D eigenvalue weighted by molar-refractivity contribution is 5.50. The predicted octanol–water partition coefficient (Wildman–Crippen LogP) is 2.34. The van der Waals surface area contributed by atoms with Gasteiger partial charge in [0.1, 0.15) is 18.0 Å². The quantitative estimate of drug-likeness (QED) is 0.879. The number of hydrogen-bond donors (Lipinski definition) is 2. The average molecular weight is 269 g/mol. The second kappa shape index (κ2) is 4.93. The molecule has 0 aliphatic carbocycles. The van der Waals surface area contributed by atoms with Gasteiger partial charge in [-0.15, -0.1) is 0 Å². The maximum atomic E-state index is 11.3. The number of hydrogen-bond acceptors (Lipinski definition) is 3. The summed E-state index contributed by atoms with van der Waals surface area (Å²) in [6.45, 7) is 2.96. The average Bonchev–Trinajstić information content (AvgIpc) is 2.57. The summed E-state index contributed by atoms with van der Waals surface area (Å²) in [5.41, 5.74) is 2.82. The number of aliphatic hydroxyl groups is 1. The van der Waals surface area contributed by atoms with Gasteiger partial charge in [-0.25, -0.2) is 0 Å². The summed E-state index contributed by atoms with van der Waals surface area (Å²) in [6, 6.07) is 13.9. The van der Waals surface area contributed by atoms with Crippen molar-refractivity contribution in [2.75, 3.05) is 13.6 Å². The summed E-state index contributed by atoms with van der Waals surface area (Å²) >= 11 is 0. The van der Waals surface area contributed by atoms with Gasteiger partial charge in [0.05, 0.1) is 0 Å². The van der Waals surface area contributed by atoms with Gasteiger partial charge in [-0.05, 0) is 37.2 Å². The van der Waals surface area contributed by atoms with E-state index in [4.69, 9.17) is 4.74 Å². The topological polar surface area (TPSA) is 41.5 Å². The van der Waals surface area contributed by atoms with Crippen molar-refractivity contribution < 1.29 is 9.84 Å². The van der Waals surface area contributed by atoms with Gasteiger partial charge in [-0.2, -0.15) is 0 Å². The van der Waals surface area contributed by atoms with Gasteiger partial charge in [0, 0.05) is 12.1 Å². The van der Waals surface area contributed by atoms with E-state index in [0.29, 0.717) is 13.2 Å². The molecule has 1 heterocycles. The van der Waals surface area contributed by atoms with E-state index < -0.39 is 5.60 Å². The molecule has 0 radical (unpaired) electrons. The molecule has 3 heteroatoms. The maximum absolute atomic E-state index is 11.3. The summed E-state index contributed by atoms with van der Waals surface area (Å²) in [5.74, 6) is 0.754. The zero-order chi connectivity index (χ0) is 14.2. The summed E-state index contributed by atoms with van der Waals surface area (Å²) in [5, 5.41) is 14.4. The van der Waals surface area contributed by atoms with E-state index in [-0.39, 0.29) is 0 Å². The fraction of sp³-hybridized carbons (Fsp3) is 0.294. The molecule has 3 rings (SSSR count). The molecule has 104 valence electrons. The van der Waals surface area contributed by atoms with Gasteiger partial charge >= 0.3 is 0 Å². The fourth-order valence-corrected chi connectivity index (χ4v) is 2.89. The molecule has 0 aromatic heterocycles. The summed E-state index contributed by atoms with van der Waals surface area (Å²) in [6.07, 6.45) is 0. The first-order valence-electron chi connectivity index (χ1n) is 6.84. The molecule has 1 aliphatic heterocycles. The van der Waals surface area contributed by atoms with Crippen LogP contribution in [0, 0.1) is 6.92 Å². The first-order chi connectivity index (χ1) is 9.65. The van der Waals surface area contributed by atoms with E-state index in [1.54, 1.807) is 0 Å². The Kier molecular flexibility index (Phi) is 3.24. The number of benzene rings is 2. The van der Waals surface area contributed by atoms with Crippen LogP contribution >= 0.6 is 0 Å². The van der Waals surface area contributed by atoms with Gasteiger partial charge in [0.2, 0.25) is 0 Å². The van der Waals surface area contributed by atoms with Gasteiger partial charge in [0.15, 0.2) is 0 Å². The van der Waals surface area contributed by atoms with Crippen LogP contribution in [-0.2, 0) is 12.2 Å². The predicted molar refractivity (Wildman–Crippen MR) is 78.9 cm³/mol. The van der Waals surface area contributed by atoms with Crippen LogP contribution in [0.4, 0.5) is 0 Å². The second-order valence-corrected chi connectivity index (χ2v) is 5.34. The number of aryl methyl sites for hydroxylation is 1.